The normalized spacial score (nSPS) is 14.4. The number of Topliss-reactive ketones (excluding diaryl/α,β-unsaturated/α-hetero) is 1. The lowest BCUT2D eigenvalue weighted by Gasteiger charge is -2.08. The van der Waals surface area contributed by atoms with E-state index in [0.717, 1.165) is 16.0 Å². The highest BCUT2D eigenvalue weighted by Gasteiger charge is 2.28. The minimum absolute atomic E-state index is 0.106. The van der Waals surface area contributed by atoms with Crippen LogP contribution >= 0.6 is 22.9 Å². The monoisotopic (exact) mass is 382 g/mol. The second-order valence-corrected chi connectivity index (χ2v) is 7.30. The Morgan fingerprint density at radius 2 is 2.04 bits per heavy atom. The van der Waals surface area contributed by atoms with Gasteiger partial charge in [-0.1, -0.05) is 29.8 Å². The molecule has 0 N–H and O–H groups in total. The van der Waals surface area contributed by atoms with Crippen molar-refractivity contribution in [3.05, 3.63) is 86.3 Å². The minimum Gasteiger partial charge on any atom is -0.489 e. The van der Waals surface area contributed by atoms with E-state index in [-0.39, 0.29) is 5.78 Å². The number of hydrogen-bond donors (Lipinski definition) is 0. The largest absolute Gasteiger partial charge is 0.489 e. The Bertz CT molecular complexity index is 1020. The predicted octanol–water partition coefficient (Wildman–Crippen LogP) is 5.91. The van der Waals surface area contributed by atoms with Crippen molar-refractivity contribution in [2.24, 2.45) is 0 Å². The smallest absolute Gasteiger partial charge is 0.232 e. The second kappa shape index (κ2) is 6.98. The van der Waals surface area contributed by atoms with Crippen molar-refractivity contribution >= 4 is 34.8 Å². The quantitative estimate of drug-likeness (QED) is 0.526. The van der Waals surface area contributed by atoms with Gasteiger partial charge in [-0.3, -0.25) is 4.79 Å². The highest BCUT2D eigenvalue weighted by atomic mass is 35.5. The number of halogens is 1. The summed E-state index contributed by atoms with van der Waals surface area (Å²) in [5.41, 5.74) is 2.58. The summed E-state index contributed by atoms with van der Waals surface area (Å²) in [4.78, 5) is 13.5. The average molecular weight is 383 g/mol. The third-order valence-corrected chi connectivity index (χ3v) is 5.49. The first-order valence-electron chi connectivity index (χ1n) is 8.10. The molecule has 130 valence electrons. The highest BCUT2D eigenvalue weighted by Crippen LogP contribution is 2.36. The maximum absolute atomic E-state index is 12.5. The second-order valence-electron chi connectivity index (χ2n) is 5.95. The lowest BCUT2D eigenvalue weighted by atomic mass is 10.1. The molecule has 1 aliphatic heterocycles. The van der Waals surface area contributed by atoms with Gasteiger partial charge in [0, 0.05) is 27.6 Å². The Hall–Kier alpha value is -2.56. The van der Waals surface area contributed by atoms with Crippen LogP contribution in [0.15, 0.2) is 59.7 Å². The van der Waals surface area contributed by atoms with Crippen molar-refractivity contribution in [1.82, 2.24) is 0 Å². The number of ketones is 1. The van der Waals surface area contributed by atoms with Gasteiger partial charge in [0.05, 0.1) is 5.56 Å². The molecule has 4 rings (SSSR count). The van der Waals surface area contributed by atoms with Gasteiger partial charge >= 0.3 is 0 Å². The predicted molar refractivity (Wildman–Crippen MR) is 104 cm³/mol. The fourth-order valence-electron chi connectivity index (χ4n) is 2.68. The van der Waals surface area contributed by atoms with Crippen LogP contribution in [0.4, 0.5) is 0 Å². The zero-order valence-corrected chi connectivity index (χ0v) is 15.6. The fraction of sp³-hybridized carbons (Fsp3) is 0.0952. The summed E-state index contributed by atoms with van der Waals surface area (Å²) in [6.45, 7) is 2.36. The van der Waals surface area contributed by atoms with Crippen LogP contribution in [0.5, 0.6) is 11.5 Å². The van der Waals surface area contributed by atoms with Gasteiger partial charge in [0.25, 0.3) is 0 Å². The Morgan fingerprint density at radius 3 is 2.81 bits per heavy atom. The van der Waals surface area contributed by atoms with E-state index in [1.807, 2.05) is 42.6 Å². The summed E-state index contributed by atoms with van der Waals surface area (Å²) in [7, 11) is 0. The average Bonchev–Trinajstić information content (AvgIpc) is 3.18. The number of ether oxygens (including phenoxy) is 2. The number of allylic oxidation sites excluding steroid dienone is 1. The van der Waals surface area contributed by atoms with Gasteiger partial charge in [-0.05, 0) is 42.1 Å². The molecule has 0 radical (unpaired) electrons. The van der Waals surface area contributed by atoms with Gasteiger partial charge in [-0.15, -0.1) is 11.3 Å². The van der Waals surface area contributed by atoms with Crippen molar-refractivity contribution in [2.45, 2.75) is 13.5 Å². The third-order valence-electron chi connectivity index (χ3n) is 4.16. The van der Waals surface area contributed by atoms with E-state index >= 15 is 0 Å². The van der Waals surface area contributed by atoms with Crippen LogP contribution in [-0.2, 0) is 6.61 Å². The topological polar surface area (TPSA) is 35.5 Å². The maximum atomic E-state index is 12.5. The molecule has 3 aromatic rings. The van der Waals surface area contributed by atoms with Crippen molar-refractivity contribution < 1.29 is 14.3 Å². The van der Waals surface area contributed by atoms with Crippen LogP contribution in [0.3, 0.4) is 0 Å². The van der Waals surface area contributed by atoms with Crippen LogP contribution in [0.2, 0.25) is 5.02 Å². The Balaban J connectivity index is 1.53. The molecule has 0 unspecified atom stereocenters. The third kappa shape index (κ3) is 3.26. The molecule has 26 heavy (non-hydrogen) atoms. The molecule has 2 heterocycles. The zero-order chi connectivity index (χ0) is 18.1. The van der Waals surface area contributed by atoms with E-state index in [1.54, 1.807) is 35.6 Å². The first kappa shape index (κ1) is 16.9. The molecular formula is C21H15ClO3S. The molecule has 2 aromatic carbocycles. The molecule has 5 heteroatoms. The number of rotatable bonds is 4. The summed E-state index contributed by atoms with van der Waals surface area (Å²) in [6, 6.07) is 14.8. The Labute approximate surface area is 160 Å². The van der Waals surface area contributed by atoms with Gasteiger partial charge in [0.2, 0.25) is 5.78 Å². The van der Waals surface area contributed by atoms with Crippen LogP contribution in [0.25, 0.3) is 6.08 Å². The SMILES string of the molecule is Cc1ccsc1C=C1Oc2cc(OCc3ccccc3Cl)ccc2C1=O. The number of fused-ring (bicyclic) bond motifs is 1. The van der Waals surface area contributed by atoms with E-state index < -0.39 is 0 Å². The molecule has 0 saturated carbocycles. The minimum atomic E-state index is -0.106. The summed E-state index contributed by atoms with van der Waals surface area (Å²) in [5.74, 6) is 1.39. The molecule has 3 nitrogen and oxygen atoms in total. The van der Waals surface area contributed by atoms with Crippen molar-refractivity contribution in [3.8, 4) is 11.5 Å². The number of carbonyl (C=O) groups is 1. The van der Waals surface area contributed by atoms with Gasteiger partial charge < -0.3 is 9.47 Å². The summed E-state index contributed by atoms with van der Waals surface area (Å²) < 4.78 is 11.6. The zero-order valence-electron chi connectivity index (χ0n) is 14.0. The van der Waals surface area contributed by atoms with Gasteiger partial charge in [0.1, 0.15) is 18.1 Å². The standard InChI is InChI=1S/C21H15ClO3S/c1-13-8-9-26-20(13)11-19-21(23)16-7-6-15(10-18(16)25-19)24-12-14-4-2-3-5-17(14)22/h2-11H,12H2,1H3. The molecule has 0 bridgehead atoms. The Kier molecular flexibility index (Phi) is 4.53. The molecule has 1 aromatic heterocycles. The molecule has 0 aliphatic carbocycles. The van der Waals surface area contributed by atoms with Crippen molar-refractivity contribution in [3.63, 3.8) is 0 Å². The lowest BCUT2D eigenvalue weighted by molar-refractivity contribution is 0.101. The summed E-state index contributed by atoms with van der Waals surface area (Å²) in [5, 5.41) is 2.66. The van der Waals surface area contributed by atoms with Crippen molar-refractivity contribution in [1.29, 1.82) is 0 Å². The molecule has 1 aliphatic rings. The first-order valence-corrected chi connectivity index (χ1v) is 9.36. The summed E-state index contributed by atoms with van der Waals surface area (Å²) >= 11 is 7.73. The number of hydrogen-bond acceptors (Lipinski definition) is 4. The summed E-state index contributed by atoms with van der Waals surface area (Å²) in [6.07, 6.45) is 1.80. The van der Waals surface area contributed by atoms with Gasteiger partial charge in [0.15, 0.2) is 5.76 Å². The number of aryl methyl sites for hydroxylation is 1. The molecule has 0 spiro atoms. The Morgan fingerprint density at radius 1 is 1.19 bits per heavy atom. The van der Waals surface area contributed by atoms with Crippen LogP contribution in [0, 0.1) is 6.92 Å². The van der Waals surface area contributed by atoms with Gasteiger partial charge in [-0.2, -0.15) is 0 Å². The van der Waals surface area contributed by atoms with Crippen LogP contribution in [0.1, 0.15) is 26.4 Å². The van der Waals surface area contributed by atoms with Crippen LogP contribution in [-0.4, -0.2) is 5.78 Å². The molecule has 0 amide bonds. The lowest BCUT2D eigenvalue weighted by Crippen LogP contribution is -1.97. The van der Waals surface area contributed by atoms with E-state index in [2.05, 4.69) is 0 Å². The van der Waals surface area contributed by atoms with E-state index in [1.165, 1.54) is 0 Å². The maximum Gasteiger partial charge on any atom is 0.232 e. The van der Waals surface area contributed by atoms with Crippen LogP contribution < -0.4 is 9.47 Å². The molecular weight excluding hydrogens is 368 g/mol. The first-order chi connectivity index (χ1) is 12.6. The number of benzene rings is 2. The highest BCUT2D eigenvalue weighted by molar-refractivity contribution is 7.11. The molecule has 0 atom stereocenters. The number of thiophene rings is 1. The van der Waals surface area contributed by atoms with E-state index in [4.69, 9.17) is 21.1 Å². The van der Waals surface area contributed by atoms with Gasteiger partial charge in [-0.25, -0.2) is 0 Å². The number of carbonyl (C=O) groups excluding carboxylic acids is 1. The van der Waals surface area contributed by atoms with Crippen molar-refractivity contribution in [2.75, 3.05) is 0 Å². The van der Waals surface area contributed by atoms with E-state index in [9.17, 15) is 4.79 Å². The fourth-order valence-corrected chi connectivity index (χ4v) is 3.72. The molecule has 0 saturated heterocycles. The molecule has 0 fully saturated rings. The van der Waals surface area contributed by atoms with E-state index in [0.29, 0.717) is 34.5 Å².